The predicted octanol–water partition coefficient (Wildman–Crippen LogP) is 1.85. The van der Waals surface area contributed by atoms with E-state index in [0.717, 1.165) is 5.56 Å². The number of benzene rings is 2. The number of hydrogen-bond acceptors (Lipinski definition) is 6. The molecule has 2 heterocycles. The average Bonchev–Trinajstić information content (AvgIpc) is 3.13. The lowest BCUT2D eigenvalue weighted by atomic mass is 10.2. The molecule has 27 heavy (non-hydrogen) atoms. The standard InChI is InChI=1S/C19H17NO6S/c21-19(20-11-13-6-7-15-16(10-13)26-12-25-15)17-18(14-4-2-1-3-5-14)27(22,23)9-8-24-17/h1-7,10H,8-9,11-12H2,(H,20,21). The zero-order valence-corrected chi connectivity index (χ0v) is 15.1. The number of carbonyl (C=O) groups excluding carboxylic acids is 1. The van der Waals surface area contributed by atoms with Gasteiger partial charge < -0.3 is 19.5 Å². The van der Waals surface area contributed by atoms with Gasteiger partial charge in [0.15, 0.2) is 21.3 Å². The second-order valence-corrected chi connectivity index (χ2v) is 8.11. The van der Waals surface area contributed by atoms with Crippen molar-refractivity contribution in [3.05, 3.63) is 65.4 Å². The van der Waals surface area contributed by atoms with E-state index in [1.807, 2.05) is 0 Å². The van der Waals surface area contributed by atoms with Gasteiger partial charge in [-0.15, -0.1) is 0 Å². The van der Waals surface area contributed by atoms with Crippen molar-refractivity contribution < 1.29 is 27.4 Å². The Hall–Kier alpha value is -3.00. The number of rotatable bonds is 4. The van der Waals surface area contributed by atoms with E-state index < -0.39 is 15.7 Å². The van der Waals surface area contributed by atoms with Gasteiger partial charge in [0.2, 0.25) is 12.6 Å². The van der Waals surface area contributed by atoms with Gasteiger partial charge in [-0.25, -0.2) is 8.42 Å². The average molecular weight is 387 g/mol. The molecule has 2 aliphatic heterocycles. The molecule has 0 unspecified atom stereocenters. The second-order valence-electron chi connectivity index (χ2n) is 6.06. The highest BCUT2D eigenvalue weighted by Gasteiger charge is 2.33. The molecule has 140 valence electrons. The Kier molecular flexibility index (Phi) is 4.49. The lowest BCUT2D eigenvalue weighted by Crippen LogP contribution is -2.32. The number of carbonyl (C=O) groups is 1. The Morgan fingerprint density at radius 2 is 1.78 bits per heavy atom. The third-order valence-corrected chi connectivity index (χ3v) is 6.00. The lowest BCUT2D eigenvalue weighted by Gasteiger charge is -2.21. The molecule has 0 saturated carbocycles. The highest BCUT2D eigenvalue weighted by molar-refractivity contribution is 8.00. The molecule has 4 rings (SSSR count). The van der Waals surface area contributed by atoms with Crippen LogP contribution in [0.25, 0.3) is 4.91 Å². The summed E-state index contributed by atoms with van der Waals surface area (Å²) in [6, 6.07) is 13.8. The van der Waals surface area contributed by atoms with E-state index in [4.69, 9.17) is 14.2 Å². The molecule has 2 aromatic rings. The molecule has 2 aliphatic rings. The maximum atomic E-state index is 12.7. The van der Waals surface area contributed by atoms with Gasteiger partial charge in [0.1, 0.15) is 11.5 Å². The summed E-state index contributed by atoms with van der Waals surface area (Å²) in [5, 5.41) is 2.71. The largest absolute Gasteiger partial charge is 0.486 e. The van der Waals surface area contributed by atoms with Crippen LogP contribution in [0, 0.1) is 0 Å². The quantitative estimate of drug-likeness (QED) is 0.861. The first-order chi connectivity index (χ1) is 13.0. The summed E-state index contributed by atoms with van der Waals surface area (Å²) in [6.45, 7) is 0.320. The van der Waals surface area contributed by atoms with Crippen LogP contribution < -0.4 is 14.8 Å². The van der Waals surface area contributed by atoms with Crippen molar-refractivity contribution in [2.24, 2.45) is 0 Å². The minimum atomic E-state index is -3.60. The molecule has 0 aliphatic carbocycles. The van der Waals surface area contributed by atoms with Crippen LogP contribution in [0.1, 0.15) is 11.1 Å². The van der Waals surface area contributed by atoms with Gasteiger partial charge >= 0.3 is 0 Å². The maximum absolute atomic E-state index is 12.7. The fourth-order valence-corrected chi connectivity index (χ4v) is 4.38. The van der Waals surface area contributed by atoms with E-state index in [-0.39, 0.29) is 36.4 Å². The molecular formula is C19H17NO6S. The van der Waals surface area contributed by atoms with Gasteiger partial charge in [0.05, 0.1) is 5.75 Å². The van der Waals surface area contributed by atoms with Crippen molar-refractivity contribution in [1.82, 2.24) is 5.32 Å². The molecule has 8 heteroatoms. The highest BCUT2D eigenvalue weighted by atomic mass is 32.2. The van der Waals surface area contributed by atoms with Crippen LogP contribution in [0.15, 0.2) is 54.3 Å². The Bertz CT molecular complexity index is 1010. The molecule has 0 fully saturated rings. The van der Waals surface area contributed by atoms with Gasteiger partial charge in [-0.05, 0) is 23.3 Å². The molecule has 0 atom stereocenters. The number of hydrogen-bond donors (Lipinski definition) is 1. The van der Waals surface area contributed by atoms with Gasteiger partial charge in [-0.2, -0.15) is 0 Å². The number of amides is 1. The van der Waals surface area contributed by atoms with Crippen LogP contribution in [-0.2, 0) is 25.9 Å². The van der Waals surface area contributed by atoms with Crippen molar-refractivity contribution in [3.8, 4) is 11.5 Å². The summed E-state index contributed by atoms with van der Waals surface area (Å²) in [5.74, 6) is 0.363. The summed E-state index contributed by atoms with van der Waals surface area (Å²) >= 11 is 0. The molecule has 0 spiro atoms. The molecule has 2 aromatic carbocycles. The van der Waals surface area contributed by atoms with E-state index in [2.05, 4.69) is 5.32 Å². The summed E-state index contributed by atoms with van der Waals surface area (Å²) < 4.78 is 41.1. The van der Waals surface area contributed by atoms with Crippen molar-refractivity contribution >= 4 is 20.6 Å². The number of sulfone groups is 1. The SMILES string of the molecule is O=C(NCc1ccc2c(c1)OCO2)C1=C(c2ccccc2)S(=O)(=O)CCO1. The molecular weight excluding hydrogens is 370 g/mol. The smallest absolute Gasteiger partial charge is 0.288 e. The Morgan fingerprint density at radius 1 is 1.00 bits per heavy atom. The van der Waals surface area contributed by atoms with Crippen LogP contribution in [-0.4, -0.2) is 33.5 Å². The lowest BCUT2D eigenvalue weighted by molar-refractivity contribution is -0.120. The molecule has 0 aromatic heterocycles. The van der Waals surface area contributed by atoms with Gasteiger partial charge in [0, 0.05) is 6.54 Å². The van der Waals surface area contributed by atoms with E-state index in [9.17, 15) is 13.2 Å². The zero-order valence-electron chi connectivity index (χ0n) is 14.3. The summed E-state index contributed by atoms with van der Waals surface area (Å²) in [5.41, 5.74) is 1.23. The minimum Gasteiger partial charge on any atom is -0.486 e. The van der Waals surface area contributed by atoms with Gasteiger partial charge in [-0.1, -0.05) is 36.4 Å². The molecule has 0 bridgehead atoms. The maximum Gasteiger partial charge on any atom is 0.288 e. The summed E-state index contributed by atoms with van der Waals surface area (Å²) in [6.07, 6.45) is 0. The third-order valence-electron chi connectivity index (χ3n) is 4.25. The topological polar surface area (TPSA) is 90.9 Å². The van der Waals surface area contributed by atoms with E-state index in [1.54, 1.807) is 48.5 Å². The summed E-state index contributed by atoms with van der Waals surface area (Å²) in [7, 11) is -3.60. The third kappa shape index (κ3) is 3.48. The van der Waals surface area contributed by atoms with Crippen LogP contribution in [0.5, 0.6) is 11.5 Å². The highest BCUT2D eigenvalue weighted by Crippen LogP contribution is 2.33. The summed E-state index contributed by atoms with van der Waals surface area (Å²) in [4.78, 5) is 12.6. The Morgan fingerprint density at radius 3 is 2.59 bits per heavy atom. The first-order valence-electron chi connectivity index (χ1n) is 8.36. The van der Waals surface area contributed by atoms with Crippen LogP contribution in [0.4, 0.5) is 0 Å². The minimum absolute atomic E-state index is 0.0502. The van der Waals surface area contributed by atoms with Crippen molar-refractivity contribution in [2.45, 2.75) is 6.54 Å². The Balaban J connectivity index is 1.59. The number of ether oxygens (including phenoxy) is 3. The van der Waals surface area contributed by atoms with Gasteiger partial charge in [-0.3, -0.25) is 4.79 Å². The predicted molar refractivity (Wildman–Crippen MR) is 97.5 cm³/mol. The Labute approximate surface area is 156 Å². The number of nitrogens with one attached hydrogen (secondary N) is 1. The van der Waals surface area contributed by atoms with E-state index >= 15 is 0 Å². The first kappa shape index (κ1) is 17.4. The van der Waals surface area contributed by atoms with Crippen molar-refractivity contribution in [1.29, 1.82) is 0 Å². The first-order valence-corrected chi connectivity index (χ1v) is 10.0. The monoisotopic (exact) mass is 387 g/mol. The molecule has 0 saturated heterocycles. The van der Waals surface area contributed by atoms with Gasteiger partial charge in [0.25, 0.3) is 5.91 Å². The van der Waals surface area contributed by atoms with Crippen LogP contribution in [0.3, 0.4) is 0 Å². The zero-order chi connectivity index (χ0) is 18.9. The van der Waals surface area contributed by atoms with E-state index in [1.165, 1.54) is 0 Å². The number of fused-ring (bicyclic) bond motifs is 1. The van der Waals surface area contributed by atoms with E-state index in [0.29, 0.717) is 17.1 Å². The molecule has 1 amide bonds. The fourth-order valence-electron chi connectivity index (χ4n) is 2.94. The van der Waals surface area contributed by atoms with Crippen LogP contribution >= 0.6 is 0 Å². The normalized spacial score (nSPS) is 17.3. The molecule has 7 nitrogen and oxygen atoms in total. The van der Waals surface area contributed by atoms with Crippen LogP contribution in [0.2, 0.25) is 0 Å². The molecule has 0 radical (unpaired) electrons. The van der Waals surface area contributed by atoms with Crippen molar-refractivity contribution in [3.63, 3.8) is 0 Å². The second kappa shape index (κ2) is 6.96. The molecule has 1 N–H and O–H groups in total. The van der Waals surface area contributed by atoms with Crippen molar-refractivity contribution in [2.75, 3.05) is 19.2 Å². The fraction of sp³-hybridized carbons (Fsp3) is 0.211.